The molecular formula is C16H25ClN2O2. The fourth-order valence-corrected chi connectivity index (χ4v) is 2.38. The summed E-state index contributed by atoms with van der Waals surface area (Å²) >= 11 is 6.23. The molecular weight excluding hydrogens is 288 g/mol. The zero-order valence-corrected chi connectivity index (χ0v) is 14.0. The average molecular weight is 313 g/mol. The molecule has 118 valence electrons. The van der Waals surface area contributed by atoms with Crippen LogP contribution in [0.5, 0.6) is 5.75 Å². The minimum atomic E-state index is -0.0267. The molecule has 1 atom stereocenters. The summed E-state index contributed by atoms with van der Waals surface area (Å²) in [5.74, 6) is 0.519. The van der Waals surface area contributed by atoms with Crippen molar-refractivity contribution in [3.8, 4) is 5.75 Å². The molecule has 0 saturated carbocycles. The molecule has 0 saturated heterocycles. The number of halogens is 1. The summed E-state index contributed by atoms with van der Waals surface area (Å²) in [5.41, 5.74) is 1.10. The predicted molar refractivity (Wildman–Crippen MR) is 87.0 cm³/mol. The van der Waals surface area contributed by atoms with E-state index in [1.54, 1.807) is 4.90 Å². The van der Waals surface area contributed by atoms with Crippen molar-refractivity contribution in [2.45, 2.75) is 33.7 Å². The zero-order valence-electron chi connectivity index (χ0n) is 13.3. The molecule has 1 aromatic carbocycles. The smallest absolute Gasteiger partial charge is 0.260 e. The van der Waals surface area contributed by atoms with Gasteiger partial charge in [0, 0.05) is 19.1 Å². The van der Waals surface area contributed by atoms with Crippen LogP contribution in [0.3, 0.4) is 0 Å². The maximum absolute atomic E-state index is 11.9. The molecule has 1 N–H and O–H groups in total. The van der Waals surface area contributed by atoms with Crippen molar-refractivity contribution in [2.75, 3.05) is 26.2 Å². The molecule has 0 aliphatic carbocycles. The van der Waals surface area contributed by atoms with Gasteiger partial charge < -0.3 is 15.0 Å². The largest absolute Gasteiger partial charge is 0.482 e. The van der Waals surface area contributed by atoms with Crippen LogP contribution >= 0.6 is 11.6 Å². The molecule has 4 nitrogen and oxygen atoms in total. The molecule has 1 unspecified atom stereocenters. The van der Waals surface area contributed by atoms with Crippen LogP contribution in [0.4, 0.5) is 0 Å². The summed E-state index contributed by atoms with van der Waals surface area (Å²) in [7, 11) is 0. The number of carbonyl (C=O) groups is 1. The first-order valence-electron chi connectivity index (χ1n) is 7.46. The third kappa shape index (κ3) is 5.21. The standard InChI is InChI=1S/C16H25ClN2O2/c1-5-18-12(4)13-8-9-15(14(17)10-13)21-11-16(20)19(6-2)7-3/h8-10,12,18H,5-7,11H2,1-4H3. The monoisotopic (exact) mass is 312 g/mol. The molecule has 0 radical (unpaired) electrons. The van der Waals surface area contributed by atoms with Crippen LogP contribution in [-0.2, 0) is 4.79 Å². The second-order valence-corrected chi connectivity index (χ2v) is 5.23. The van der Waals surface area contributed by atoms with E-state index < -0.39 is 0 Å². The number of nitrogens with zero attached hydrogens (tertiary/aromatic N) is 1. The van der Waals surface area contributed by atoms with Gasteiger partial charge in [-0.1, -0.05) is 24.6 Å². The molecule has 0 fully saturated rings. The fraction of sp³-hybridized carbons (Fsp3) is 0.562. The van der Waals surface area contributed by atoms with E-state index in [2.05, 4.69) is 19.2 Å². The summed E-state index contributed by atoms with van der Waals surface area (Å²) < 4.78 is 5.53. The maximum Gasteiger partial charge on any atom is 0.260 e. The van der Waals surface area contributed by atoms with Crippen molar-refractivity contribution in [3.05, 3.63) is 28.8 Å². The third-order valence-corrected chi connectivity index (χ3v) is 3.73. The average Bonchev–Trinajstić information content (AvgIpc) is 2.47. The summed E-state index contributed by atoms with van der Waals surface area (Å²) in [4.78, 5) is 13.6. The summed E-state index contributed by atoms with van der Waals surface area (Å²) in [6.45, 7) is 10.3. The minimum absolute atomic E-state index is 0.0174. The first kappa shape index (κ1) is 17.8. The lowest BCUT2D eigenvalue weighted by atomic mass is 10.1. The number of hydrogen-bond acceptors (Lipinski definition) is 3. The van der Waals surface area contributed by atoms with Crippen molar-refractivity contribution in [1.29, 1.82) is 0 Å². The Hall–Kier alpha value is -1.26. The molecule has 1 rings (SSSR count). The van der Waals surface area contributed by atoms with Crippen LogP contribution in [0, 0.1) is 0 Å². The second-order valence-electron chi connectivity index (χ2n) is 4.82. The number of carbonyl (C=O) groups excluding carboxylic acids is 1. The number of nitrogens with one attached hydrogen (secondary N) is 1. The Kier molecular flexibility index (Phi) is 7.54. The van der Waals surface area contributed by atoms with Crippen LogP contribution in [0.25, 0.3) is 0 Å². The van der Waals surface area contributed by atoms with Crippen molar-refractivity contribution in [2.24, 2.45) is 0 Å². The van der Waals surface area contributed by atoms with E-state index >= 15 is 0 Å². The molecule has 5 heteroatoms. The number of hydrogen-bond donors (Lipinski definition) is 1. The van der Waals surface area contributed by atoms with Gasteiger partial charge in [-0.25, -0.2) is 0 Å². The van der Waals surface area contributed by atoms with Crippen LogP contribution in [0.2, 0.25) is 5.02 Å². The quantitative estimate of drug-likeness (QED) is 0.801. The number of amides is 1. The molecule has 1 amide bonds. The highest BCUT2D eigenvalue weighted by molar-refractivity contribution is 6.32. The van der Waals surface area contributed by atoms with Crippen molar-refractivity contribution < 1.29 is 9.53 Å². The number of likely N-dealkylation sites (N-methyl/N-ethyl adjacent to an activating group) is 1. The van der Waals surface area contributed by atoms with E-state index in [0.29, 0.717) is 23.9 Å². The highest BCUT2D eigenvalue weighted by atomic mass is 35.5. The van der Waals surface area contributed by atoms with Crippen molar-refractivity contribution in [1.82, 2.24) is 10.2 Å². The van der Waals surface area contributed by atoms with E-state index in [9.17, 15) is 4.79 Å². The van der Waals surface area contributed by atoms with Crippen LogP contribution in [0.1, 0.15) is 39.3 Å². The first-order valence-corrected chi connectivity index (χ1v) is 7.84. The minimum Gasteiger partial charge on any atom is -0.482 e. The highest BCUT2D eigenvalue weighted by Gasteiger charge is 2.12. The molecule has 1 aromatic rings. The predicted octanol–water partition coefficient (Wildman–Crippen LogP) is 3.26. The van der Waals surface area contributed by atoms with Crippen LogP contribution < -0.4 is 10.1 Å². The lowest BCUT2D eigenvalue weighted by Gasteiger charge is -2.19. The van der Waals surface area contributed by atoms with E-state index in [1.165, 1.54) is 0 Å². The topological polar surface area (TPSA) is 41.6 Å². The molecule has 0 aliphatic rings. The molecule has 0 bridgehead atoms. The lowest BCUT2D eigenvalue weighted by molar-refractivity contribution is -0.132. The molecule has 0 aliphatic heterocycles. The van der Waals surface area contributed by atoms with Gasteiger partial charge in [-0.2, -0.15) is 0 Å². The maximum atomic E-state index is 11.9. The lowest BCUT2D eigenvalue weighted by Crippen LogP contribution is -2.34. The summed E-state index contributed by atoms with van der Waals surface area (Å²) in [5, 5.41) is 3.86. The number of ether oxygens (including phenoxy) is 1. The van der Waals surface area contributed by atoms with E-state index in [4.69, 9.17) is 16.3 Å². The summed E-state index contributed by atoms with van der Waals surface area (Å²) in [6.07, 6.45) is 0. The van der Waals surface area contributed by atoms with Gasteiger partial charge in [-0.15, -0.1) is 0 Å². The Morgan fingerprint density at radius 3 is 2.52 bits per heavy atom. The van der Waals surface area contributed by atoms with Crippen molar-refractivity contribution >= 4 is 17.5 Å². The Bertz CT molecular complexity index is 462. The molecule has 0 aromatic heterocycles. The molecule has 0 spiro atoms. The van der Waals surface area contributed by atoms with Crippen LogP contribution in [0.15, 0.2) is 18.2 Å². The van der Waals surface area contributed by atoms with E-state index in [-0.39, 0.29) is 18.6 Å². The van der Waals surface area contributed by atoms with Crippen molar-refractivity contribution in [3.63, 3.8) is 0 Å². The Labute approximate surface area is 132 Å². The van der Waals surface area contributed by atoms with Gasteiger partial charge in [-0.3, -0.25) is 4.79 Å². The summed E-state index contributed by atoms with van der Waals surface area (Å²) in [6, 6.07) is 5.91. The fourth-order valence-electron chi connectivity index (χ4n) is 2.13. The van der Waals surface area contributed by atoms with Gasteiger partial charge in [0.25, 0.3) is 5.91 Å². The Morgan fingerprint density at radius 2 is 2.00 bits per heavy atom. The Morgan fingerprint density at radius 1 is 1.33 bits per heavy atom. The third-order valence-electron chi connectivity index (χ3n) is 3.43. The van der Waals surface area contributed by atoms with E-state index in [0.717, 1.165) is 12.1 Å². The zero-order chi connectivity index (χ0) is 15.8. The molecule has 0 heterocycles. The van der Waals surface area contributed by atoms with Gasteiger partial charge in [0.2, 0.25) is 0 Å². The van der Waals surface area contributed by atoms with E-state index in [1.807, 2.05) is 32.0 Å². The van der Waals surface area contributed by atoms with Gasteiger partial charge >= 0.3 is 0 Å². The van der Waals surface area contributed by atoms with Gasteiger partial charge in [-0.05, 0) is 45.0 Å². The number of benzene rings is 1. The van der Waals surface area contributed by atoms with Gasteiger partial charge in [0.05, 0.1) is 5.02 Å². The molecule has 21 heavy (non-hydrogen) atoms. The second kappa shape index (κ2) is 8.90. The normalized spacial score (nSPS) is 12.0. The SMILES string of the molecule is CCNC(C)c1ccc(OCC(=O)N(CC)CC)c(Cl)c1. The first-order chi connectivity index (χ1) is 10.0. The highest BCUT2D eigenvalue weighted by Crippen LogP contribution is 2.27. The number of rotatable bonds is 8. The van der Waals surface area contributed by atoms with Gasteiger partial charge in [0.1, 0.15) is 5.75 Å². The van der Waals surface area contributed by atoms with Gasteiger partial charge in [0.15, 0.2) is 6.61 Å². The Balaban J connectivity index is 2.67. The van der Waals surface area contributed by atoms with Crippen LogP contribution in [-0.4, -0.2) is 37.0 Å².